The maximum Gasteiger partial charge on any atom is 0.275 e. The third kappa shape index (κ3) is 3.73. The molecule has 6 heteroatoms. The molecule has 4 aromatic rings. The van der Waals surface area contributed by atoms with Crippen molar-refractivity contribution in [2.45, 2.75) is 0 Å². The molecule has 4 rings (SSSR count). The van der Waals surface area contributed by atoms with Crippen LogP contribution in [0.3, 0.4) is 0 Å². The molecule has 0 aliphatic carbocycles. The Hall–Kier alpha value is -3.57. The van der Waals surface area contributed by atoms with Crippen LogP contribution >= 0.6 is 11.6 Å². The zero-order chi connectivity index (χ0) is 20.4. The van der Waals surface area contributed by atoms with E-state index in [0.29, 0.717) is 10.7 Å². The normalized spacial score (nSPS) is 11.2. The summed E-state index contributed by atoms with van der Waals surface area (Å²) in [5.41, 5.74) is 5.26. The molecule has 2 N–H and O–H groups in total. The van der Waals surface area contributed by atoms with Gasteiger partial charge >= 0.3 is 0 Å². The van der Waals surface area contributed by atoms with E-state index in [-0.39, 0.29) is 11.3 Å². The minimum atomic E-state index is -0.500. The Kier molecular flexibility index (Phi) is 5.06. The molecule has 29 heavy (non-hydrogen) atoms. The molecule has 1 heterocycles. The summed E-state index contributed by atoms with van der Waals surface area (Å²) in [4.78, 5) is 12.5. The molecule has 0 aliphatic heterocycles. The summed E-state index contributed by atoms with van der Waals surface area (Å²) in [5.74, 6) is -0.597. The number of phenols is 1. The summed E-state index contributed by atoms with van der Waals surface area (Å²) >= 11 is 6.41. The lowest BCUT2D eigenvalue weighted by molar-refractivity contribution is 0.0952. The van der Waals surface area contributed by atoms with Crippen LogP contribution < -0.4 is 5.43 Å². The van der Waals surface area contributed by atoms with Gasteiger partial charge in [0.05, 0.1) is 11.8 Å². The molecule has 0 fully saturated rings. The average molecular weight is 404 g/mol. The summed E-state index contributed by atoms with van der Waals surface area (Å²) in [7, 11) is 1.87. The number of fused-ring (bicyclic) bond motifs is 1. The number of nitrogens with one attached hydrogen (secondary N) is 1. The van der Waals surface area contributed by atoms with Crippen molar-refractivity contribution in [1.29, 1.82) is 0 Å². The number of halogens is 1. The van der Waals surface area contributed by atoms with E-state index in [0.717, 1.165) is 22.0 Å². The lowest BCUT2D eigenvalue weighted by atomic mass is 10.1. The summed E-state index contributed by atoms with van der Waals surface area (Å²) in [6, 6.07) is 22.5. The van der Waals surface area contributed by atoms with E-state index in [1.807, 2.05) is 72.3 Å². The van der Waals surface area contributed by atoms with E-state index in [2.05, 4.69) is 10.5 Å². The van der Waals surface area contributed by atoms with Gasteiger partial charge in [-0.25, -0.2) is 5.43 Å². The maximum absolute atomic E-state index is 12.5. The third-order valence-corrected chi connectivity index (χ3v) is 5.21. The first kappa shape index (κ1) is 18.8. The molecule has 0 saturated heterocycles. The van der Waals surface area contributed by atoms with E-state index in [1.165, 1.54) is 6.21 Å². The van der Waals surface area contributed by atoms with Crippen molar-refractivity contribution < 1.29 is 9.90 Å². The standard InChI is InChI=1S/C23H18ClN3O2/c1-27-20(15-7-3-2-4-8-15)12-18(22(27)24)14-25-26-23(29)19-11-16-9-5-6-10-17(16)13-21(19)28/h2-14,28H,1H3,(H,26,29)/b25-14+. The van der Waals surface area contributed by atoms with E-state index in [4.69, 9.17) is 11.6 Å². The zero-order valence-electron chi connectivity index (χ0n) is 15.6. The molecule has 1 amide bonds. The molecule has 0 radical (unpaired) electrons. The minimum Gasteiger partial charge on any atom is -0.507 e. The lowest BCUT2D eigenvalue weighted by Gasteiger charge is -2.05. The number of aromatic nitrogens is 1. The predicted molar refractivity (Wildman–Crippen MR) is 117 cm³/mol. The largest absolute Gasteiger partial charge is 0.507 e. The van der Waals surface area contributed by atoms with E-state index < -0.39 is 5.91 Å². The highest BCUT2D eigenvalue weighted by Gasteiger charge is 2.13. The lowest BCUT2D eigenvalue weighted by Crippen LogP contribution is -2.17. The Morgan fingerprint density at radius 2 is 1.69 bits per heavy atom. The SMILES string of the molecule is Cn1c(-c2ccccc2)cc(/C=N/NC(=O)c2cc3ccccc3cc2O)c1Cl. The number of hydrazone groups is 1. The van der Waals surface area contributed by atoms with Crippen LogP contribution in [-0.4, -0.2) is 21.8 Å². The van der Waals surface area contributed by atoms with Crippen molar-refractivity contribution in [1.82, 2.24) is 9.99 Å². The monoisotopic (exact) mass is 403 g/mol. The fraction of sp³-hybridized carbons (Fsp3) is 0.0435. The van der Waals surface area contributed by atoms with Crippen molar-refractivity contribution in [3.63, 3.8) is 0 Å². The van der Waals surface area contributed by atoms with Crippen LogP contribution in [0, 0.1) is 0 Å². The first-order valence-corrected chi connectivity index (χ1v) is 9.38. The van der Waals surface area contributed by atoms with Gasteiger partial charge in [0.15, 0.2) is 0 Å². The van der Waals surface area contributed by atoms with Crippen molar-refractivity contribution in [2.24, 2.45) is 12.1 Å². The van der Waals surface area contributed by atoms with Gasteiger partial charge in [-0.05, 0) is 34.5 Å². The van der Waals surface area contributed by atoms with Crippen molar-refractivity contribution >= 4 is 34.5 Å². The van der Waals surface area contributed by atoms with Crippen LogP contribution in [0.1, 0.15) is 15.9 Å². The fourth-order valence-corrected chi connectivity index (χ4v) is 3.40. The summed E-state index contributed by atoms with van der Waals surface area (Å²) in [6.45, 7) is 0. The van der Waals surface area contributed by atoms with Gasteiger partial charge < -0.3 is 9.67 Å². The van der Waals surface area contributed by atoms with E-state index in [9.17, 15) is 9.90 Å². The number of carbonyl (C=O) groups excluding carboxylic acids is 1. The summed E-state index contributed by atoms with van der Waals surface area (Å²) < 4.78 is 1.86. The molecule has 0 atom stereocenters. The number of hydrogen-bond acceptors (Lipinski definition) is 3. The summed E-state index contributed by atoms with van der Waals surface area (Å²) in [5, 5.41) is 16.4. The van der Waals surface area contributed by atoms with E-state index in [1.54, 1.807) is 12.1 Å². The van der Waals surface area contributed by atoms with Crippen molar-refractivity contribution in [3.8, 4) is 17.0 Å². The van der Waals surface area contributed by atoms with Gasteiger partial charge in [-0.1, -0.05) is 66.2 Å². The Morgan fingerprint density at radius 3 is 2.41 bits per heavy atom. The van der Waals surface area contributed by atoms with Crippen LogP contribution in [0.4, 0.5) is 0 Å². The minimum absolute atomic E-state index is 0.0968. The Balaban J connectivity index is 1.55. The van der Waals surface area contributed by atoms with Crippen molar-refractivity contribution in [3.05, 3.63) is 89.1 Å². The molecule has 0 saturated carbocycles. The smallest absolute Gasteiger partial charge is 0.275 e. The quantitative estimate of drug-likeness (QED) is 0.373. The fourth-order valence-electron chi connectivity index (χ4n) is 3.21. The molecule has 5 nitrogen and oxygen atoms in total. The van der Waals surface area contributed by atoms with Crippen molar-refractivity contribution in [2.75, 3.05) is 0 Å². The Morgan fingerprint density at radius 1 is 1.03 bits per heavy atom. The second-order valence-electron chi connectivity index (χ2n) is 6.62. The molecular weight excluding hydrogens is 386 g/mol. The number of rotatable bonds is 4. The molecule has 3 aromatic carbocycles. The molecular formula is C23H18ClN3O2. The molecule has 144 valence electrons. The van der Waals surface area contributed by atoms with Gasteiger partial charge in [-0.3, -0.25) is 4.79 Å². The highest BCUT2D eigenvalue weighted by atomic mass is 35.5. The van der Waals surface area contributed by atoms with Gasteiger partial charge in [-0.15, -0.1) is 0 Å². The number of carbonyl (C=O) groups is 1. The maximum atomic E-state index is 12.5. The Bertz CT molecular complexity index is 1230. The number of phenolic OH excluding ortho intramolecular Hbond substituents is 1. The number of benzene rings is 3. The van der Waals surface area contributed by atoms with Gasteiger partial charge in [0.25, 0.3) is 5.91 Å². The predicted octanol–water partition coefficient (Wildman–Crippen LogP) is 4.97. The number of amides is 1. The second-order valence-corrected chi connectivity index (χ2v) is 6.97. The van der Waals surface area contributed by atoms with Gasteiger partial charge in [0, 0.05) is 18.3 Å². The zero-order valence-corrected chi connectivity index (χ0v) is 16.4. The van der Waals surface area contributed by atoms with Gasteiger partial charge in [-0.2, -0.15) is 5.10 Å². The Labute approximate surface area is 172 Å². The van der Waals surface area contributed by atoms with Gasteiger partial charge in [0.1, 0.15) is 10.9 Å². The average Bonchev–Trinajstić information content (AvgIpc) is 3.02. The van der Waals surface area contributed by atoms with Crippen LogP contribution in [0.2, 0.25) is 5.15 Å². The molecule has 0 unspecified atom stereocenters. The number of aromatic hydroxyl groups is 1. The second kappa shape index (κ2) is 7.81. The first-order valence-electron chi connectivity index (χ1n) is 9.00. The summed E-state index contributed by atoms with van der Waals surface area (Å²) in [6.07, 6.45) is 1.49. The van der Waals surface area contributed by atoms with Crippen LogP contribution in [0.5, 0.6) is 5.75 Å². The molecule has 1 aromatic heterocycles. The topological polar surface area (TPSA) is 66.6 Å². The van der Waals surface area contributed by atoms with E-state index >= 15 is 0 Å². The van der Waals surface area contributed by atoms with Crippen LogP contribution in [0.25, 0.3) is 22.0 Å². The molecule has 0 spiro atoms. The number of nitrogens with zero attached hydrogens (tertiary/aromatic N) is 2. The van der Waals surface area contributed by atoms with Gasteiger partial charge in [0.2, 0.25) is 0 Å². The van der Waals surface area contributed by atoms with Crippen LogP contribution in [-0.2, 0) is 7.05 Å². The highest BCUT2D eigenvalue weighted by Crippen LogP contribution is 2.27. The first-order chi connectivity index (χ1) is 14.0. The molecule has 0 bridgehead atoms. The number of hydrogen-bond donors (Lipinski definition) is 2. The van der Waals surface area contributed by atoms with Crippen LogP contribution in [0.15, 0.2) is 77.9 Å². The highest BCUT2D eigenvalue weighted by molar-refractivity contribution is 6.32. The third-order valence-electron chi connectivity index (χ3n) is 4.73. The molecule has 0 aliphatic rings.